The lowest BCUT2D eigenvalue weighted by atomic mass is 10.0. The molecule has 1 atom stereocenters. The first kappa shape index (κ1) is 15.4. The lowest BCUT2D eigenvalue weighted by Gasteiger charge is -2.22. The van der Waals surface area contributed by atoms with Gasteiger partial charge in [0.2, 0.25) is 0 Å². The van der Waals surface area contributed by atoms with Gasteiger partial charge in [-0.25, -0.2) is 8.78 Å². The Balaban J connectivity index is 1.86. The number of nitrogens with two attached hydrogens (primary N) is 1. The number of hydrogen-bond donors (Lipinski definition) is 1. The molecule has 1 aromatic rings. The van der Waals surface area contributed by atoms with Crippen molar-refractivity contribution in [3.63, 3.8) is 0 Å². The molecule has 20 heavy (non-hydrogen) atoms. The van der Waals surface area contributed by atoms with Crippen LogP contribution in [0, 0.1) is 11.6 Å². The molecule has 0 amide bonds. The van der Waals surface area contributed by atoms with E-state index in [1.165, 1.54) is 12.1 Å². The van der Waals surface area contributed by atoms with Crippen molar-refractivity contribution in [1.82, 2.24) is 9.80 Å². The van der Waals surface area contributed by atoms with Crippen molar-refractivity contribution in [2.45, 2.75) is 18.9 Å². The Morgan fingerprint density at radius 3 is 2.50 bits per heavy atom. The average Bonchev–Trinajstić information content (AvgIpc) is 2.59. The van der Waals surface area contributed by atoms with Crippen LogP contribution >= 0.6 is 0 Å². The quantitative estimate of drug-likeness (QED) is 0.917. The number of nitrogens with zero attached hydrogens (tertiary/aromatic N) is 2. The number of benzene rings is 1. The number of hydrogen-bond acceptors (Lipinski definition) is 3. The van der Waals surface area contributed by atoms with Gasteiger partial charge in [0.1, 0.15) is 11.6 Å². The fourth-order valence-electron chi connectivity index (χ4n) is 2.60. The van der Waals surface area contributed by atoms with E-state index in [1.807, 2.05) is 0 Å². The first-order chi connectivity index (χ1) is 9.54. The van der Waals surface area contributed by atoms with E-state index in [0.29, 0.717) is 12.0 Å². The maximum Gasteiger partial charge on any atom is 0.126 e. The molecule has 0 saturated carbocycles. The van der Waals surface area contributed by atoms with Crippen molar-refractivity contribution in [3.05, 3.63) is 35.4 Å². The minimum Gasteiger partial charge on any atom is -0.324 e. The van der Waals surface area contributed by atoms with Crippen molar-refractivity contribution < 1.29 is 8.78 Å². The predicted octanol–water partition coefficient (Wildman–Crippen LogP) is 1.99. The molecule has 1 aliphatic rings. The molecule has 0 spiro atoms. The molecule has 112 valence electrons. The monoisotopic (exact) mass is 283 g/mol. The lowest BCUT2D eigenvalue weighted by Crippen LogP contribution is -2.31. The molecule has 1 heterocycles. The first-order valence-electron chi connectivity index (χ1n) is 7.17. The van der Waals surface area contributed by atoms with Gasteiger partial charge in [0.05, 0.1) is 0 Å². The van der Waals surface area contributed by atoms with E-state index in [-0.39, 0.29) is 6.04 Å². The zero-order valence-corrected chi connectivity index (χ0v) is 12.0. The van der Waals surface area contributed by atoms with Crippen LogP contribution in [0.3, 0.4) is 0 Å². The van der Waals surface area contributed by atoms with E-state index in [4.69, 9.17) is 5.73 Å². The van der Waals surface area contributed by atoms with E-state index in [1.54, 1.807) is 0 Å². The van der Waals surface area contributed by atoms with Crippen LogP contribution in [0.2, 0.25) is 0 Å². The standard InChI is InChI=1S/C15H23F2N3/c1-19-4-2-5-20(8-7-19)6-3-15(18)12-9-13(16)11-14(17)10-12/h9-11,15H,2-8,18H2,1H3. The second-order valence-electron chi connectivity index (χ2n) is 5.60. The number of likely N-dealkylation sites (N-methyl/N-ethyl adjacent to an activating group) is 1. The van der Waals surface area contributed by atoms with Gasteiger partial charge < -0.3 is 15.5 Å². The zero-order chi connectivity index (χ0) is 14.5. The van der Waals surface area contributed by atoms with E-state index < -0.39 is 11.6 Å². The van der Waals surface area contributed by atoms with Gasteiger partial charge in [-0.2, -0.15) is 0 Å². The highest BCUT2D eigenvalue weighted by molar-refractivity contribution is 5.21. The van der Waals surface area contributed by atoms with Gasteiger partial charge in [-0.15, -0.1) is 0 Å². The minimum atomic E-state index is -0.563. The Morgan fingerprint density at radius 2 is 1.80 bits per heavy atom. The fraction of sp³-hybridized carbons (Fsp3) is 0.600. The molecule has 2 N–H and O–H groups in total. The number of halogens is 2. The molecule has 0 bridgehead atoms. The van der Waals surface area contributed by atoms with Crippen LogP contribution in [0.25, 0.3) is 0 Å². The Labute approximate surface area is 119 Å². The molecular formula is C15H23F2N3. The van der Waals surface area contributed by atoms with Crippen molar-refractivity contribution in [2.75, 3.05) is 39.8 Å². The van der Waals surface area contributed by atoms with Crippen molar-refractivity contribution in [2.24, 2.45) is 5.73 Å². The third-order valence-corrected chi connectivity index (χ3v) is 3.88. The van der Waals surface area contributed by atoms with Crippen molar-refractivity contribution in [3.8, 4) is 0 Å². The molecule has 1 aromatic carbocycles. The third kappa shape index (κ3) is 4.51. The molecule has 1 aliphatic heterocycles. The van der Waals surface area contributed by atoms with E-state index in [2.05, 4.69) is 16.8 Å². The average molecular weight is 283 g/mol. The van der Waals surface area contributed by atoms with Crippen LogP contribution in [0.5, 0.6) is 0 Å². The summed E-state index contributed by atoms with van der Waals surface area (Å²) < 4.78 is 26.3. The molecule has 1 saturated heterocycles. The maximum atomic E-state index is 13.2. The Bertz CT molecular complexity index is 419. The van der Waals surface area contributed by atoms with Crippen molar-refractivity contribution >= 4 is 0 Å². The summed E-state index contributed by atoms with van der Waals surface area (Å²) in [6, 6.07) is 3.20. The van der Waals surface area contributed by atoms with Crippen LogP contribution in [0.15, 0.2) is 18.2 Å². The Morgan fingerprint density at radius 1 is 1.10 bits per heavy atom. The molecule has 3 nitrogen and oxygen atoms in total. The van der Waals surface area contributed by atoms with Crippen LogP contribution < -0.4 is 5.73 Å². The first-order valence-corrected chi connectivity index (χ1v) is 7.17. The second-order valence-corrected chi connectivity index (χ2v) is 5.60. The topological polar surface area (TPSA) is 32.5 Å². The summed E-state index contributed by atoms with van der Waals surface area (Å²) in [6.07, 6.45) is 1.87. The van der Waals surface area contributed by atoms with Crippen LogP contribution in [-0.2, 0) is 0 Å². The van der Waals surface area contributed by atoms with E-state index >= 15 is 0 Å². The highest BCUT2D eigenvalue weighted by Crippen LogP contribution is 2.18. The molecule has 0 radical (unpaired) electrons. The van der Waals surface area contributed by atoms with E-state index in [0.717, 1.165) is 45.2 Å². The van der Waals surface area contributed by atoms with Gasteiger partial charge in [-0.3, -0.25) is 0 Å². The summed E-state index contributed by atoms with van der Waals surface area (Å²) in [6.45, 7) is 5.14. The third-order valence-electron chi connectivity index (χ3n) is 3.88. The molecule has 1 fully saturated rings. The maximum absolute atomic E-state index is 13.2. The summed E-state index contributed by atoms with van der Waals surface area (Å²) in [5.74, 6) is -1.13. The Hall–Kier alpha value is -1.04. The van der Waals surface area contributed by atoms with Gasteiger partial charge in [-0.05, 0) is 57.2 Å². The van der Waals surface area contributed by atoms with Crippen LogP contribution in [-0.4, -0.2) is 49.6 Å². The van der Waals surface area contributed by atoms with Crippen LogP contribution in [0.4, 0.5) is 8.78 Å². The smallest absolute Gasteiger partial charge is 0.126 e. The van der Waals surface area contributed by atoms with Crippen molar-refractivity contribution in [1.29, 1.82) is 0 Å². The molecular weight excluding hydrogens is 260 g/mol. The molecule has 0 aliphatic carbocycles. The highest BCUT2D eigenvalue weighted by Gasteiger charge is 2.14. The normalized spacial score (nSPS) is 19.8. The fourth-order valence-corrected chi connectivity index (χ4v) is 2.60. The zero-order valence-electron chi connectivity index (χ0n) is 12.0. The number of rotatable bonds is 4. The molecule has 2 rings (SSSR count). The Kier molecular flexibility index (Phi) is 5.46. The van der Waals surface area contributed by atoms with Gasteiger partial charge in [0.15, 0.2) is 0 Å². The predicted molar refractivity (Wildman–Crippen MR) is 76.5 cm³/mol. The summed E-state index contributed by atoms with van der Waals surface area (Å²) >= 11 is 0. The summed E-state index contributed by atoms with van der Waals surface area (Å²) in [5.41, 5.74) is 6.58. The lowest BCUT2D eigenvalue weighted by molar-refractivity contribution is 0.267. The highest BCUT2D eigenvalue weighted by atomic mass is 19.1. The van der Waals surface area contributed by atoms with Gasteiger partial charge in [0.25, 0.3) is 0 Å². The SMILES string of the molecule is CN1CCCN(CCC(N)c2cc(F)cc(F)c2)CC1. The van der Waals surface area contributed by atoms with Gasteiger partial charge >= 0.3 is 0 Å². The molecule has 5 heteroatoms. The molecule has 0 aromatic heterocycles. The second kappa shape index (κ2) is 7.11. The van der Waals surface area contributed by atoms with Gasteiger partial charge in [-0.1, -0.05) is 0 Å². The summed E-state index contributed by atoms with van der Waals surface area (Å²) in [5, 5.41) is 0. The largest absolute Gasteiger partial charge is 0.324 e. The van der Waals surface area contributed by atoms with Gasteiger partial charge in [0, 0.05) is 25.2 Å². The summed E-state index contributed by atoms with van der Waals surface area (Å²) in [4.78, 5) is 4.70. The van der Waals surface area contributed by atoms with Crippen LogP contribution in [0.1, 0.15) is 24.4 Å². The van der Waals surface area contributed by atoms with E-state index in [9.17, 15) is 8.78 Å². The summed E-state index contributed by atoms with van der Waals surface area (Å²) in [7, 11) is 2.13. The molecule has 1 unspecified atom stereocenters. The minimum absolute atomic E-state index is 0.318.